The molecule has 0 saturated heterocycles. The summed E-state index contributed by atoms with van der Waals surface area (Å²) in [6, 6.07) is 12.3. The summed E-state index contributed by atoms with van der Waals surface area (Å²) >= 11 is 5.41. The fourth-order valence-electron chi connectivity index (χ4n) is 1.99. The van der Waals surface area contributed by atoms with Crippen molar-refractivity contribution in [2.24, 2.45) is 11.5 Å². The van der Waals surface area contributed by atoms with Crippen molar-refractivity contribution in [1.82, 2.24) is 0 Å². The molecule has 0 heterocycles. The Balaban J connectivity index is 2.16. The molecule has 10 heteroatoms. The molecular formula is C15H16ClN5O3S. The minimum Gasteiger partial charge on any atom is -0.457 e. The maximum absolute atomic E-state index is 11.6. The number of hydrogen-bond acceptors (Lipinski definition) is 5. The quantitative estimate of drug-likeness (QED) is 0.354. The average Bonchev–Trinajstić information content (AvgIpc) is 2.56. The van der Waals surface area contributed by atoms with E-state index in [1.807, 2.05) is 0 Å². The maximum Gasteiger partial charge on any atom is 0.200 e. The van der Waals surface area contributed by atoms with E-state index in [9.17, 15) is 8.42 Å². The van der Waals surface area contributed by atoms with E-state index in [4.69, 9.17) is 38.6 Å². The zero-order valence-electron chi connectivity index (χ0n) is 12.9. The lowest BCUT2D eigenvalue weighted by molar-refractivity contribution is 0.482. The van der Waals surface area contributed by atoms with Crippen molar-refractivity contribution in [2.75, 3.05) is 10.1 Å². The predicted molar refractivity (Wildman–Crippen MR) is 97.2 cm³/mol. The highest BCUT2D eigenvalue weighted by molar-refractivity contribution is 7.92. The van der Waals surface area contributed by atoms with Crippen LogP contribution in [0, 0.1) is 10.8 Å². The van der Waals surface area contributed by atoms with E-state index in [1.165, 1.54) is 24.3 Å². The zero-order chi connectivity index (χ0) is 18.6. The Hall–Kier alpha value is -2.78. The molecular weight excluding hydrogens is 366 g/mol. The number of guanidine groups is 2. The lowest BCUT2D eigenvalue weighted by atomic mass is 10.2. The highest BCUT2D eigenvalue weighted by Crippen LogP contribution is 2.25. The van der Waals surface area contributed by atoms with Gasteiger partial charge in [0, 0.05) is 0 Å². The number of nitrogens with zero attached hydrogens (tertiary/aromatic N) is 1. The molecule has 2 aromatic carbocycles. The zero-order valence-corrected chi connectivity index (χ0v) is 14.5. The van der Waals surface area contributed by atoms with Crippen LogP contribution >= 0.6 is 11.6 Å². The molecule has 0 unspecified atom stereocenters. The van der Waals surface area contributed by atoms with Crippen LogP contribution in [0.15, 0.2) is 53.4 Å². The highest BCUT2D eigenvalue weighted by Gasteiger charge is 2.14. The van der Waals surface area contributed by atoms with Gasteiger partial charge < -0.3 is 16.2 Å². The summed E-state index contributed by atoms with van der Waals surface area (Å²) in [7, 11) is -3.48. The number of sulfone groups is 1. The van der Waals surface area contributed by atoms with Gasteiger partial charge >= 0.3 is 0 Å². The number of anilines is 1. The van der Waals surface area contributed by atoms with Gasteiger partial charge in [-0.15, -0.1) is 11.6 Å². The van der Waals surface area contributed by atoms with Crippen molar-refractivity contribution in [3.63, 3.8) is 0 Å². The highest BCUT2D eigenvalue weighted by atomic mass is 35.5. The number of ether oxygens (including phenoxy) is 1. The standard InChI is InChI=1S/C15H16ClN5O3S/c16-9-25(22,23)13-7-5-12(6-8-13)24-11-3-1-10(2-4-11)21(14(17)18)15(19)20/h1-8H,9H2,(H3,17,18)(H3,19,20). The second kappa shape index (κ2) is 7.41. The van der Waals surface area contributed by atoms with Gasteiger partial charge in [0.15, 0.2) is 21.8 Å². The molecule has 0 aliphatic heterocycles. The second-order valence-corrected chi connectivity index (χ2v) is 7.47. The van der Waals surface area contributed by atoms with Crippen LogP contribution in [0.2, 0.25) is 0 Å². The molecule has 132 valence electrons. The molecule has 0 fully saturated rings. The first kappa shape index (κ1) is 18.6. The van der Waals surface area contributed by atoms with Crippen LogP contribution in [0.3, 0.4) is 0 Å². The Kier molecular flexibility index (Phi) is 5.50. The number of nitrogens with two attached hydrogens (primary N) is 2. The van der Waals surface area contributed by atoms with E-state index in [-0.39, 0.29) is 16.8 Å². The van der Waals surface area contributed by atoms with E-state index < -0.39 is 15.0 Å². The van der Waals surface area contributed by atoms with Gasteiger partial charge in [-0.05, 0) is 48.5 Å². The maximum atomic E-state index is 11.6. The first-order chi connectivity index (χ1) is 11.7. The fourth-order valence-corrected chi connectivity index (χ4v) is 3.04. The number of halogens is 1. The van der Waals surface area contributed by atoms with E-state index in [1.54, 1.807) is 24.3 Å². The molecule has 0 radical (unpaired) electrons. The van der Waals surface area contributed by atoms with Crippen molar-refractivity contribution in [1.29, 1.82) is 10.8 Å². The van der Waals surface area contributed by atoms with Crippen molar-refractivity contribution >= 4 is 39.0 Å². The molecule has 0 aliphatic rings. The predicted octanol–water partition coefficient (Wildman–Crippen LogP) is 2.04. The Morgan fingerprint density at radius 1 is 0.960 bits per heavy atom. The number of nitrogens with one attached hydrogen (secondary N) is 2. The molecule has 2 rings (SSSR count). The summed E-state index contributed by atoms with van der Waals surface area (Å²) in [5.41, 5.74) is 11.2. The van der Waals surface area contributed by atoms with Crippen LogP contribution in [-0.4, -0.2) is 25.5 Å². The SMILES string of the molecule is N=C(N)N(C(=N)N)c1ccc(Oc2ccc(S(=O)(=O)CCl)cc2)cc1. The molecule has 25 heavy (non-hydrogen) atoms. The Morgan fingerprint density at radius 3 is 1.80 bits per heavy atom. The number of alkyl halides is 1. The van der Waals surface area contributed by atoms with Gasteiger partial charge in [0.2, 0.25) is 0 Å². The Bertz CT molecular complexity index is 868. The Morgan fingerprint density at radius 2 is 1.40 bits per heavy atom. The van der Waals surface area contributed by atoms with Gasteiger partial charge in [0.05, 0.1) is 10.6 Å². The largest absolute Gasteiger partial charge is 0.457 e. The summed E-state index contributed by atoms with van der Waals surface area (Å²) in [6.07, 6.45) is 0. The van der Waals surface area contributed by atoms with Gasteiger partial charge in [-0.1, -0.05) is 0 Å². The third-order valence-corrected chi connectivity index (χ3v) is 5.28. The molecule has 0 atom stereocenters. The Labute approximate surface area is 149 Å². The molecule has 0 aromatic heterocycles. The second-order valence-electron chi connectivity index (χ2n) is 4.90. The number of hydrogen-bond donors (Lipinski definition) is 4. The molecule has 0 saturated carbocycles. The summed E-state index contributed by atoms with van der Waals surface area (Å²) in [5.74, 6) is 0.162. The number of benzene rings is 2. The molecule has 8 nitrogen and oxygen atoms in total. The smallest absolute Gasteiger partial charge is 0.200 e. The van der Waals surface area contributed by atoms with Crippen LogP contribution in [0.1, 0.15) is 0 Å². The van der Waals surface area contributed by atoms with E-state index in [0.717, 1.165) is 4.90 Å². The first-order valence-electron chi connectivity index (χ1n) is 6.89. The van der Waals surface area contributed by atoms with Crippen LogP contribution in [-0.2, 0) is 9.84 Å². The van der Waals surface area contributed by atoms with Crippen LogP contribution in [0.5, 0.6) is 11.5 Å². The van der Waals surface area contributed by atoms with Gasteiger partial charge in [0.1, 0.15) is 16.7 Å². The monoisotopic (exact) mass is 381 g/mol. The van der Waals surface area contributed by atoms with Gasteiger partial charge in [-0.25, -0.2) is 8.42 Å². The van der Waals surface area contributed by atoms with Gasteiger partial charge in [-0.2, -0.15) is 0 Å². The first-order valence-corrected chi connectivity index (χ1v) is 9.08. The van der Waals surface area contributed by atoms with Crippen molar-refractivity contribution in [3.05, 3.63) is 48.5 Å². The summed E-state index contributed by atoms with van der Waals surface area (Å²) < 4.78 is 28.9. The van der Waals surface area contributed by atoms with Crippen molar-refractivity contribution < 1.29 is 13.2 Å². The summed E-state index contributed by atoms with van der Waals surface area (Å²) in [5, 5.41) is 14.4. The molecule has 0 spiro atoms. The van der Waals surface area contributed by atoms with E-state index in [0.29, 0.717) is 17.2 Å². The van der Waals surface area contributed by atoms with Gasteiger partial charge in [-0.3, -0.25) is 15.7 Å². The minimum atomic E-state index is -3.48. The van der Waals surface area contributed by atoms with Crippen LogP contribution < -0.4 is 21.1 Å². The molecule has 0 bridgehead atoms. The molecule has 0 aliphatic carbocycles. The molecule has 0 amide bonds. The van der Waals surface area contributed by atoms with Crippen LogP contribution in [0.25, 0.3) is 0 Å². The third kappa shape index (κ3) is 4.40. The average molecular weight is 382 g/mol. The van der Waals surface area contributed by atoms with Crippen LogP contribution in [0.4, 0.5) is 5.69 Å². The lowest BCUT2D eigenvalue weighted by Gasteiger charge is -2.20. The third-order valence-electron chi connectivity index (χ3n) is 3.14. The van der Waals surface area contributed by atoms with Crippen molar-refractivity contribution in [3.8, 4) is 11.5 Å². The van der Waals surface area contributed by atoms with E-state index >= 15 is 0 Å². The summed E-state index contributed by atoms with van der Waals surface area (Å²) in [4.78, 5) is 1.17. The van der Waals surface area contributed by atoms with Crippen molar-refractivity contribution in [2.45, 2.75) is 4.90 Å². The lowest BCUT2D eigenvalue weighted by Crippen LogP contribution is -2.45. The number of rotatable bonds is 5. The normalized spacial score (nSPS) is 10.9. The molecule has 2 aromatic rings. The van der Waals surface area contributed by atoms with E-state index in [2.05, 4.69) is 0 Å². The minimum absolute atomic E-state index is 0.115. The van der Waals surface area contributed by atoms with Gasteiger partial charge in [0.25, 0.3) is 0 Å². The molecule has 6 N–H and O–H groups in total. The topological polar surface area (TPSA) is 146 Å². The summed E-state index contributed by atoms with van der Waals surface area (Å²) in [6.45, 7) is 0. The fraction of sp³-hybridized carbons (Fsp3) is 0.0667.